The van der Waals surface area contributed by atoms with Crippen molar-refractivity contribution in [3.8, 4) is 17.2 Å². The van der Waals surface area contributed by atoms with E-state index in [1.54, 1.807) is 19.2 Å². The highest BCUT2D eigenvalue weighted by Gasteiger charge is 2.49. The summed E-state index contributed by atoms with van der Waals surface area (Å²) in [6.07, 6.45) is 0. The lowest BCUT2D eigenvalue weighted by atomic mass is 9.65. The number of nitrogens with zero attached hydrogens (tertiary/aromatic N) is 3. The minimum atomic E-state index is -0.613. The molecule has 0 spiro atoms. The Morgan fingerprint density at radius 3 is 2.42 bits per heavy atom. The van der Waals surface area contributed by atoms with Crippen LogP contribution in [0, 0.1) is 11.8 Å². The van der Waals surface area contributed by atoms with E-state index in [4.69, 9.17) is 57.0 Å². The van der Waals surface area contributed by atoms with Crippen molar-refractivity contribution in [3.63, 3.8) is 0 Å². The van der Waals surface area contributed by atoms with Gasteiger partial charge in [0.05, 0.1) is 58.4 Å². The molecule has 1 aromatic heterocycles. The van der Waals surface area contributed by atoms with E-state index in [2.05, 4.69) is 5.16 Å². The summed E-state index contributed by atoms with van der Waals surface area (Å²) < 4.78 is 22.4. The smallest absolute Gasteiger partial charge is 0.310 e. The topological polar surface area (TPSA) is 101 Å². The number of benzene rings is 3. The molecule has 0 saturated heterocycles. The molecule has 2 aliphatic heterocycles. The van der Waals surface area contributed by atoms with Crippen LogP contribution < -0.4 is 14.2 Å². The Morgan fingerprint density at radius 2 is 1.68 bits per heavy atom. The standard InChI is InChI=1S/C27H19Cl2N3O6/c1-34-22-4-11(3-19-26(22)31-18-8-16(29)15(28)7-17(18)30-19)23-12-5-20-21(37-10-36-20)6-13(12)25-14(9-38-32-25)24(23)27(33)35-2/h3-8,14,23-24H,9-10H2,1-2H3/t14-,23-,24+/m1/s1. The van der Waals surface area contributed by atoms with Crippen LogP contribution in [0.4, 0.5) is 0 Å². The SMILES string of the molecule is COC(=O)[C@@H]1[C@H](c2cc(OC)c3nc4cc(Cl)c(Cl)cc4nc3c2)c2cc3c(cc2C2=NOC[C@@H]21)OCO3. The van der Waals surface area contributed by atoms with Crippen LogP contribution in [0.15, 0.2) is 41.6 Å². The van der Waals surface area contributed by atoms with E-state index in [9.17, 15) is 4.79 Å². The summed E-state index contributed by atoms with van der Waals surface area (Å²) in [6.45, 7) is 0.378. The van der Waals surface area contributed by atoms with E-state index in [-0.39, 0.29) is 25.3 Å². The number of hydrogen-bond acceptors (Lipinski definition) is 9. The summed E-state index contributed by atoms with van der Waals surface area (Å²) in [7, 11) is 2.95. The zero-order valence-electron chi connectivity index (χ0n) is 20.2. The second-order valence-electron chi connectivity index (χ2n) is 9.27. The van der Waals surface area contributed by atoms with E-state index in [0.717, 1.165) is 16.7 Å². The van der Waals surface area contributed by atoms with Gasteiger partial charge in [0.25, 0.3) is 0 Å². The number of aromatic nitrogens is 2. The van der Waals surface area contributed by atoms with Crippen LogP contribution in [0.3, 0.4) is 0 Å². The number of fused-ring (bicyclic) bond motifs is 6. The first kappa shape index (κ1) is 23.3. The zero-order valence-corrected chi connectivity index (χ0v) is 21.7. The lowest BCUT2D eigenvalue weighted by Crippen LogP contribution is -2.40. The Labute approximate surface area is 226 Å². The molecule has 0 radical (unpaired) electrons. The highest BCUT2D eigenvalue weighted by Crippen LogP contribution is 2.50. The lowest BCUT2D eigenvalue weighted by molar-refractivity contribution is -0.147. The van der Waals surface area contributed by atoms with Crippen molar-refractivity contribution >= 4 is 56.9 Å². The van der Waals surface area contributed by atoms with Crippen LogP contribution >= 0.6 is 23.2 Å². The predicted octanol–water partition coefficient (Wildman–Crippen LogP) is 5.11. The Balaban J connectivity index is 1.50. The molecule has 11 heteroatoms. The minimum Gasteiger partial charge on any atom is -0.494 e. The van der Waals surface area contributed by atoms with E-state index in [1.807, 2.05) is 24.3 Å². The third-order valence-electron chi connectivity index (χ3n) is 7.34. The number of ether oxygens (including phenoxy) is 4. The summed E-state index contributed by atoms with van der Waals surface area (Å²) in [5.41, 5.74) is 5.48. The monoisotopic (exact) mass is 551 g/mol. The number of methoxy groups -OCH3 is 2. The first-order chi connectivity index (χ1) is 18.5. The maximum atomic E-state index is 13.3. The van der Waals surface area contributed by atoms with Crippen LogP contribution in [0.25, 0.3) is 22.1 Å². The van der Waals surface area contributed by atoms with Gasteiger partial charge in [-0.2, -0.15) is 0 Å². The Morgan fingerprint density at radius 1 is 0.947 bits per heavy atom. The fourth-order valence-corrected chi connectivity index (χ4v) is 5.96. The van der Waals surface area contributed by atoms with Crippen molar-refractivity contribution in [2.75, 3.05) is 27.6 Å². The van der Waals surface area contributed by atoms with Crippen molar-refractivity contribution in [1.29, 1.82) is 0 Å². The van der Waals surface area contributed by atoms with Crippen LogP contribution in [0.2, 0.25) is 10.0 Å². The summed E-state index contributed by atoms with van der Waals surface area (Å²) in [5.74, 6) is -0.0138. The van der Waals surface area contributed by atoms with Crippen LogP contribution in [0.1, 0.15) is 22.6 Å². The molecule has 0 bridgehead atoms. The van der Waals surface area contributed by atoms with Gasteiger partial charge >= 0.3 is 5.97 Å². The van der Waals surface area contributed by atoms with Crippen molar-refractivity contribution in [2.24, 2.45) is 17.0 Å². The molecule has 0 N–H and O–H groups in total. The fraction of sp³-hybridized carbons (Fsp3) is 0.259. The minimum absolute atomic E-state index is 0.120. The van der Waals surface area contributed by atoms with Crippen molar-refractivity contribution in [3.05, 3.63) is 63.1 Å². The third-order valence-corrected chi connectivity index (χ3v) is 8.06. The van der Waals surface area contributed by atoms with Gasteiger partial charge in [-0.05, 0) is 47.5 Å². The molecule has 0 saturated carbocycles. The third kappa shape index (κ3) is 3.38. The molecular formula is C27H19Cl2N3O6. The normalized spacial score (nSPS) is 21.1. The van der Waals surface area contributed by atoms with E-state index >= 15 is 0 Å². The number of halogens is 2. The van der Waals surface area contributed by atoms with Gasteiger partial charge in [-0.25, -0.2) is 9.97 Å². The van der Waals surface area contributed by atoms with Crippen molar-refractivity contribution < 1.29 is 28.6 Å². The van der Waals surface area contributed by atoms with Gasteiger partial charge in [0.15, 0.2) is 11.5 Å². The average Bonchev–Trinajstić information content (AvgIpc) is 3.59. The molecule has 3 heterocycles. The molecule has 0 fully saturated rings. The molecule has 1 aliphatic carbocycles. The maximum absolute atomic E-state index is 13.3. The number of esters is 1. The number of hydrogen-bond donors (Lipinski definition) is 0. The number of oxime groups is 1. The molecule has 192 valence electrons. The first-order valence-corrected chi connectivity index (χ1v) is 12.6. The summed E-state index contributed by atoms with van der Waals surface area (Å²) >= 11 is 12.5. The molecule has 3 aromatic carbocycles. The largest absolute Gasteiger partial charge is 0.494 e. The van der Waals surface area contributed by atoms with Gasteiger partial charge in [-0.15, -0.1) is 0 Å². The molecule has 4 aromatic rings. The second kappa shape index (κ2) is 8.61. The Hall–Kier alpha value is -3.82. The van der Waals surface area contributed by atoms with Gasteiger partial charge in [-0.1, -0.05) is 28.4 Å². The second-order valence-corrected chi connectivity index (χ2v) is 10.1. The van der Waals surface area contributed by atoms with Crippen molar-refractivity contribution in [1.82, 2.24) is 9.97 Å². The Bertz CT molecular complexity index is 1710. The fourth-order valence-electron chi connectivity index (χ4n) is 5.64. The van der Waals surface area contributed by atoms with Crippen LogP contribution in [0.5, 0.6) is 17.2 Å². The highest BCUT2D eigenvalue weighted by molar-refractivity contribution is 6.42. The number of carbonyl (C=O) groups excluding carboxylic acids is 1. The van der Waals surface area contributed by atoms with Gasteiger partial charge in [0.2, 0.25) is 6.79 Å². The summed E-state index contributed by atoms with van der Waals surface area (Å²) in [6, 6.07) is 11.0. The zero-order chi connectivity index (χ0) is 26.1. The lowest BCUT2D eigenvalue weighted by Gasteiger charge is -2.36. The number of rotatable bonds is 3. The predicted molar refractivity (Wildman–Crippen MR) is 140 cm³/mol. The molecule has 7 rings (SSSR count). The quantitative estimate of drug-likeness (QED) is 0.255. The summed E-state index contributed by atoms with van der Waals surface area (Å²) in [4.78, 5) is 28.4. The first-order valence-electron chi connectivity index (χ1n) is 11.8. The molecule has 9 nitrogen and oxygen atoms in total. The van der Waals surface area contributed by atoms with E-state index < -0.39 is 11.8 Å². The Kier molecular flexibility index (Phi) is 5.28. The highest BCUT2D eigenvalue weighted by atomic mass is 35.5. The van der Waals surface area contributed by atoms with Crippen LogP contribution in [-0.4, -0.2) is 49.3 Å². The van der Waals surface area contributed by atoms with Crippen molar-refractivity contribution in [2.45, 2.75) is 5.92 Å². The van der Waals surface area contributed by atoms with Gasteiger partial charge in [-0.3, -0.25) is 4.79 Å². The van der Waals surface area contributed by atoms with Gasteiger partial charge < -0.3 is 23.8 Å². The molecule has 3 atom stereocenters. The van der Waals surface area contributed by atoms with Crippen LogP contribution in [-0.2, 0) is 14.4 Å². The average molecular weight is 552 g/mol. The van der Waals surface area contributed by atoms with Gasteiger partial charge in [0.1, 0.15) is 17.9 Å². The molecular weight excluding hydrogens is 533 g/mol. The van der Waals surface area contributed by atoms with Gasteiger partial charge in [0, 0.05) is 11.5 Å². The maximum Gasteiger partial charge on any atom is 0.310 e. The summed E-state index contributed by atoms with van der Waals surface area (Å²) in [5, 5.41) is 5.06. The molecule has 0 amide bonds. The molecule has 3 aliphatic rings. The number of carbonyl (C=O) groups is 1. The molecule has 38 heavy (non-hydrogen) atoms. The van der Waals surface area contributed by atoms with E-state index in [1.165, 1.54) is 7.11 Å². The van der Waals surface area contributed by atoms with E-state index in [0.29, 0.717) is 55.1 Å². The molecule has 0 unspecified atom stereocenters.